The highest BCUT2D eigenvalue weighted by molar-refractivity contribution is 5.93. The van der Waals surface area contributed by atoms with E-state index in [1.54, 1.807) is 36.4 Å². The summed E-state index contributed by atoms with van der Waals surface area (Å²) in [5.74, 6) is 0.0233. The number of esters is 1. The van der Waals surface area contributed by atoms with Crippen LogP contribution in [0, 0.1) is 0 Å². The van der Waals surface area contributed by atoms with Gasteiger partial charge in [-0.15, -0.1) is 0 Å². The van der Waals surface area contributed by atoms with Gasteiger partial charge >= 0.3 is 5.97 Å². The molecule has 0 aliphatic heterocycles. The van der Waals surface area contributed by atoms with Gasteiger partial charge in [0.25, 0.3) is 0 Å². The lowest BCUT2D eigenvalue weighted by Gasteiger charge is -2.08. The van der Waals surface area contributed by atoms with Gasteiger partial charge in [-0.3, -0.25) is 9.59 Å². The van der Waals surface area contributed by atoms with Crippen LogP contribution < -0.4 is 10.2 Å². The van der Waals surface area contributed by atoms with E-state index >= 15 is 0 Å². The molecule has 2 aromatic carbocycles. The average Bonchev–Trinajstić information content (AvgIpc) is 2.68. The van der Waals surface area contributed by atoms with E-state index in [-0.39, 0.29) is 11.4 Å². The molecule has 0 spiro atoms. The SMILES string of the molecule is CCCCCCCCCC(=O)Oc1cccc2c(=O)c3ccccc3oc12. The van der Waals surface area contributed by atoms with E-state index in [0.29, 0.717) is 34.1 Å². The Morgan fingerprint density at radius 3 is 2.41 bits per heavy atom. The Morgan fingerprint density at radius 1 is 0.889 bits per heavy atom. The van der Waals surface area contributed by atoms with Crippen LogP contribution in [-0.4, -0.2) is 5.97 Å². The van der Waals surface area contributed by atoms with E-state index in [1.165, 1.54) is 25.7 Å². The van der Waals surface area contributed by atoms with Crippen molar-refractivity contribution < 1.29 is 13.9 Å². The van der Waals surface area contributed by atoms with E-state index in [9.17, 15) is 9.59 Å². The van der Waals surface area contributed by atoms with Gasteiger partial charge in [0, 0.05) is 6.42 Å². The van der Waals surface area contributed by atoms with Gasteiger partial charge in [-0.2, -0.15) is 0 Å². The molecule has 0 saturated heterocycles. The molecule has 0 fully saturated rings. The summed E-state index contributed by atoms with van der Waals surface area (Å²) in [4.78, 5) is 24.8. The fourth-order valence-electron chi connectivity index (χ4n) is 3.28. The molecule has 4 nitrogen and oxygen atoms in total. The number of hydrogen-bond donors (Lipinski definition) is 0. The number of carbonyl (C=O) groups excluding carboxylic acids is 1. The minimum atomic E-state index is -0.285. The molecule has 27 heavy (non-hydrogen) atoms. The van der Waals surface area contributed by atoms with Gasteiger partial charge in [0.15, 0.2) is 11.3 Å². The second-order valence-electron chi connectivity index (χ2n) is 6.91. The molecule has 0 radical (unpaired) electrons. The molecule has 142 valence electrons. The Balaban J connectivity index is 1.66. The lowest BCUT2D eigenvalue weighted by molar-refractivity contribution is -0.134. The predicted octanol–water partition coefficient (Wildman–Crippen LogP) is 5.99. The normalized spacial score (nSPS) is 11.1. The number of para-hydroxylation sites is 2. The van der Waals surface area contributed by atoms with Gasteiger partial charge in [-0.05, 0) is 30.7 Å². The molecule has 4 heteroatoms. The Morgan fingerprint density at radius 2 is 1.59 bits per heavy atom. The van der Waals surface area contributed by atoms with Crippen molar-refractivity contribution in [2.45, 2.75) is 58.3 Å². The van der Waals surface area contributed by atoms with Crippen LogP contribution in [0.15, 0.2) is 51.7 Å². The third-order valence-corrected chi connectivity index (χ3v) is 4.78. The highest BCUT2D eigenvalue weighted by Gasteiger charge is 2.14. The van der Waals surface area contributed by atoms with Gasteiger partial charge in [0.1, 0.15) is 5.58 Å². The lowest BCUT2D eigenvalue weighted by Crippen LogP contribution is -2.09. The third kappa shape index (κ3) is 4.76. The fourth-order valence-corrected chi connectivity index (χ4v) is 3.28. The highest BCUT2D eigenvalue weighted by atomic mass is 16.5. The molecule has 1 heterocycles. The quantitative estimate of drug-likeness (QED) is 0.202. The van der Waals surface area contributed by atoms with Gasteiger partial charge in [-0.25, -0.2) is 0 Å². The molecular weight excluding hydrogens is 340 g/mol. The number of ether oxygens (including phenoxy) is 1. The first-order chi connectivity index (χ1) is 13.2. The summed E-state index contributed by atoms with van der Waals surface area (Å²) in [6.45, 7) is 2.20. The van der Waals surface area contributed by atoms with E-state index < -0.39 is 0 Å². The second-order valence-corrected chi connectivity index (χ2v) is 6.91. The number of benzene rings is 2. The van der Waals surface area contributed by atoms with Gasteiger partial charge in [-0.1, -0.05) is 63.6 Å². The average molecular weight is 366 g/mol. The van der Waals surface area contributed by atoms with Crippen LogP contribution >= 0.6 is 0 Å². The summed E-state index contributed by atoms with van der Waals surface area (Å²) >= 11 is 0. The Bertz CT molecular complexity index is 971. The first kappa shape index (κ1) is 19.2. The Kier molecular flexibility index (Phi) is 6.64. The largest absolute Gasteiger partial charge is 0.452 e. The standard InChI is InChI=1S/C23H26O4/c1-2-3-4-5-6-7-8-16-21(24)26-20-15-11-13-18-22(25)17-12-9-10-14-19(17)27-23(18)20/h9-15H,2-8,16H2,1H3. The topological polar surface area (TPSA) is 56.5 Å². The maximum Gasteiger partial charge on any atom is 0.311 e. The minimum Gasteiger partial charge on any atom is -0.452 e. The molecule has 1 aromatic heterocycles. The Hall–Kier alpha value is -2.62. The molecule has 0 unspecified atom stereocenters. The van der Waals surface area contributed by atoms with E-state index in [2.05, 4.69) is 6.92 Å². The zero-order valence-corrected chi connectivity index (χ0v) is 15.8. The molecular formula is C23H26O4. The number of unbranched alkanes of at least 4 members (excludes halogenated alkanes) is 6. The zero-order valence-electron chi connectivity index (χ0n) is 15.8. The number of fused-ring (bicyclic) bond motifs is 2. The molecule has 3 aromatic rings. The summed E-state index contributed by atoms with van der Waals surface area (Å²) in [7, 11) is 0. The molecule has 0 amide bonds. The van der Waals surface area contributed by atoms with Crippen molar-refractivity contribution >= 4 is 27.9 Å². The monoisotopic (exact) mass is 366 g/mol. The molecule has 3 rings (SSSR count). The molecule has 0 aliphatic carbocycles. The van der Waals surface area contributed by atoms with E-state index in [1.807, 2.05) is 6.07 Å². The number of rotatable bonds is 9. The third-order valence-electron chi connectivity index (χ3n) is 4.78. The van der Waals surface area contributed by atoms with Crippen molar-refractivity contribution in [2.24, 2.45) is 0 Å². The second kappa shape index (κ2) is 9.36. The van der Waals surface area contributed by atoms with Gasteiger partial charge in [0.05, 0.1) is 10.8 Å². The molecule has 0 aliphatic rings. The van der Waals surface area contributed by atoms with E-state index in [0.717, 1.165) is 19.3 Å². The van der Waals surface area contributed by atoms with Crippen LogP contribution in [0.3, 0.4) is 0 Å². The first-order valence-corrected chi connectivity index (χ1v) is 9.86. The molecule has 0 N–H and O–H groups in total. The van der Waals surface area contributed by atoms with E-state index in [4.69, 9.17) is 9.15 Å². The fraction of sp³-hybridized carbons (Fsp3) is 0.391. The summed E-state index contributed by atoms with van der Waals surface area (Å²) in [5, 5.41) is 0.950. The first-order valence-electron chi connectivity index (χ1n) is 9.86. The number of hydrogen-bond acceptors (Lipinski definition) is 4. The maximum atomic E-state index is 12.6. The highest BCUT2D eigenvalue weighted by Crippen LogP contribution is 2.27. The van der Waals surface area contributed by atoms with Crippen molar-refractivity contribution in [3.05, 3.63) is 52.7 Å². The van der Waals surface area contributed by atoms with Crippen LogP contribution in [-0.2, 0) is 4.79 Å². The molecule has 0 bridgehead atoms. The summed E-state index contributed by atoms with van der Waals surface area (Å²) in [5.41, 5.74) is 0.705. The number of carbonyl (C=O) groups is 1. The van der Waals surface area contributed by atoms with Crippen molar-refractivity contribution in [2.75, 3.05) is 0 Å². The molecule has 0 saturated carbocycles. The summed E-state index contributed by atoms with van der Waals surface area (Å²) < 4.78 is 11.4. The molecule has 0 atom stereocenters. The van der Waals surface area contributed by atoms with Crippen molar-refractivity contribution in [3.63, 3.8) is 0 Å². The zero-order chi connectivity index (χ0) is 19.1. The Labute approximate surface area is 159 Å². The predicted molar refractivity (Wildman–Crippen MR) is 108 cm³/mol. The van der Waals surface area contributed by atoms with Crippen molar-refractivity contribution in [1.82, 2.24) is 0 Å². The van der Waals surface area contributed by atoms with Crippen LogP contribution in [0.25, 0.3) is 21.9 Å². The maximum absolute atomic E-state index is 12.6. The van der Waals surface area contributed by atoms with Gasteiger partial charge < -0.3 is 9.15 Å². The lowest BCUT2D eigenvalue weighted by atomic mass is 10.1. The summed E-state index contributed by atoms with van der Waals surface area (Å²) in [6.07, 6.45) is 8.40. The van der Waals surface area contributed by atoms with Crippen LogP contribution in [0.4, 0.5) is 0 Å². The van der Waals surface area contributed by atoms with Crippen molar-refractivity contribution in [1.29, 1.82) is 0 Å². The van der Waals surface area contributed by atoms with Crippen LogP contribution in [0.1, 0.15) is 58.3 Å². The summed E-state index contributed by atoms with van der Waals surface area (Å²) in [6, 6.07) is 12.2. The minimum absolute atomic E-state index is 0.114. The van der Waals surface area contributed by atoms with Gasteiger partial charge in [0.2, 0.25) is 5.43 Å². The van der Waals surface area contributed by atoms with Crippen LogP contribution in [0.2, 0.25) is 0 Å². The van der Waals surface area contributed by atoms with Crippen molar-refractivity contribution in [3.8, 4) is 5.75 Å². The van der Waals surface area contributed by atoms with Crippen LogP contribution in [0.5, 0.6) is 5.75 Å². The smallest absolute Gasteiger partial charge is 0.311 e.